The van der Waals surface area contributed by atoms with E-state index in [9.17, 15) is 9.59 Å². The lowest BCUT2D eigenvalue weighted by molar-refractivity contribution is -0.141. The van der Waals surface area contributed by atoms with Crippen molar-refractivity contribution in [1.29, 1.82) is 0 Å². The van der Waals surface area contributed by atoms with Gasteiger partial charge in [0.1, 0.15) is 0 Å². The van der Waals surface area contributed by atoms with Gasteiger partial charge in [-0.15, -0.1) is 0 Å². The highest BCUT2D eigenvalue weighted by Gasteiger charge is 2.31. The van der Waals surface area contributed by atoms with Crippen molar-refractivity contribution in [2.75, 3.05) is 45.9 Å². The Kier molecular flexibility index (Phi) is 6.83. The number of hydrogen-bond donors (Lipinski definition) is 1. The third-order valence-electron chi connectivity index (χ3n) is 5.74. The largest absolute Gasteiger partial charge is 0.378 e. The molecule has 7 heteroatoms. The molecule has 0 atom stereocenters. The zero-order chi connectivity index (χ0) is 20.1. The summed E-state index contributed by atoms with van der Waals surface area (Å²) < 4.78 is 5.32. The van der Waals surface area contributed by atoms with Crippen molar-refractivity contribution in [3.05, 3.63) is 34.9 Å². The first-order valence-corrected chi connectivity index (χ1v) is 10.4. The summed E-state index contributed by atoms with van der Waals surface area (Å²) in [5, 5.41) is 3.75. The SMILES string of the molecule is CC(C)(CNC(=O)N1CCC(C(=O)N2CCOCC2)CC1)c1ccccc1Cl. The summed E-state index contributed by atoms with van der Waals surface area (Å²) in [5.74, 6) is 0.227. The average Bonchev–Trinajstić information content (AvgIpc) is 2.72. The third-order valence-corrected chi connectivity index (χ3v) is 6.07. The summed E-state index contributed by atoms with van der Waals surface area (Å²) in [7, 11) is 0. The van der Waals surface area contributed by atoms with Crippen LogP contribution >= 0.6 is 11.6 Å². The topological polar surface area (TPSA) is 61.9 Å². The van der Waals surface area contributed by atoms with Crippen molar-refractivity contribution < 1.29 is 14.3 Å². The minimum Gasteiger partial charge on any atom is -0.378 e. The monoisotopic (exact) mass is 407 g/mol. The maximum atomic E-state index is 12.6. The van der Waals surface area contributed by atoms with Gasteiger partial charge in [0.15, 0.2) is 0 Å². The molecular formula is C21H30ClN3O3. The third kappa shape index (κ3) is 4.97. The Balaban J connectivity index is 1.47. The number of nitrogens with one attached hydrogen (secondary N) is 1. The van der Waals surface area contributed by atoms with Crippen LogP contribution in [0.25, 0.3) is 0 Å². The summed E-state index contributed by atoms with van der Waals surface area (Å²) in [6, 6.07) is 7.66. The highest BCUT2D eigenvalue weighted by atomic mass is 35.5. The van der Waals surface area contributed by atoms with Gasteiger partial charge in [-0.05, 0) is 24.5 Å². The molecule has 2 aliphatic rings. The molecule has 0 aromatic heterocycles. The van der Waals surface area contributed by atoms with Crippen LogP contribution in [-0.2, 0) is 14.9 Å². The summed E-state index contributed by atoms with van der Waals surface area (Å²) in [6.45, 7) is 8.46. The first-order chi connectivity index (χ1) is 13.4. The zero-order valence-electron chi connectivity index (χ0n) is 16.7. The molecule has 3 rings (SSSR count). The van der Waals surface area contributed by atoms with Crippen LogP contribution in [0.1, 0.15) is 32.3 Å². The number of piperidine rings is 1. The Hall–Kier alpha value is -1.79. The van der Waals surface area contributed by atoms with Gasteiger partial charge in [-0.25, -0.2) is 4.79 Å². The number of hydrogen-bond acceptors (Lipinski definition) is 3. The first-order valence-electron chi connectivity index (χ1n) is 10.0. The molecule has 1 aromatic carbocycles. The van der Waals surface area contributed by atoms with Crippen molar-refractivity contribution in [3.63, 3.8) is 0 Å². The van der Waals surface area contributed by atoms with Gasteiger partial charge in [0.2, 0.25) is 5.91 Å². The molecule has 6 nitrogen and oxygen atoms in total. The van der Waals surface area contributed by atoms with E-state index < -0.39 is 0 Å². The fraction of sp³-hybridized carbons (Fsp3) is 0.619. The molecule has 2 aliphatic heterocycles. The Morgan fingerprint density at radius 3 is 2.39 bits per heavy atom. The minimum absolute atomic E-state index is 0.0155. The van der Waals surface area contributed by atoms with E-state index in [2.05, 4.69) is 19.2 Å². The molecule has 1 N–H and O–H groups in total. The number of halogens is 1. The molecule has 0 spiro atoms. The molecule has 0 unspecified atom stereocenters. The van der Waals surface area contributed by atoms with Gasteiger partial charge in [0.05, 0.1) is 13.2 Å². The van der Waals surface area contributed by atoms with Crippen molar-refractivity contribution in [1.82, 2.24) is 15.1 Å². The van der Waals surface area contributed by atoms with Gasteiger partial charge in [-0.2, -0.15) is 0 Å². The van der Waals surface area contributed by atoms with Crippen LogP contribution in [0.5, 0.6) is 0 Å². The summed E-state index contributed by atoms with van der Waals surface area (Å²) in [4.78, 5) is 28.9. The van der Waals surface area contributed by atoms with Crippen molar-refractivity contribution >= 4 is 23.5 Å². The molecule has 28 heavy (non-hydrogen) atoms. The second-order valence-electron chi connectivity index (χ2n) is 8.22. The van der Waals surface area contributed by atoms with Crippen LogP contribution < -0.4 is 5.32 Å². The van der Waals surface area contributed by atoms with Crippen LogP contribution in [0.15, 0.2) is 24.3 Å². The Morgan fingerprint density at radius 1 is 1.11 bits per heavy atom. The maximum absolute atomic E-state index is 12.6. The van der Waals surface area contributed by atoms with Crippen LogP contribution in [-0.4, -0.2) is 67.7 Å². The zero-order valence-corrected chi connectivity index (χ0v) is 17.5. The van der Waals surface area contributed by atoms with Gasteiger partial charge in [0, 0.05) is 49.1 Å². The Morgan fingerprint density at radius 2 is 1.75 bits per heavy atom. The second kappa shape index (κ2) is 9.14. The number of likely N-dealkylation sites (tertiary alicyclic amines) is 1. The molecule has 2 fully saturated rings. The lowest BCUT2D eigenvalue weighted by atomic mass is 9.84. The summed E-state index contributed by atoms with van der Waals surface area (Å²) in [6.07, 6.45) is 1.44. The molecule has 0 radical (unpaired) electrons. The number of amides is 3. The minimum atomic E-state index is -0.265. The molecule has 2 saturated heterocycles. The molecule has 0 saturated carbocycles. The number of nitrogens with zero attached hydrogens (tertiary/aromatic N) is 2. The average molecular weight is 408 g/mol. The highest BCUT2D eigenvalue weighted by Crippen LogP contribution is 2.29. The highest BCUT2D eigenvalue weighted by molar-refractivity contribution is 6.31. The number of morpholine rings is 1. The lowest BCUT2D eigenvalue weighted by Gasteiger charge is -2.36. The molecule has 154 valence electrons. The van der Waals surface area contributed by atoms with Gasteiger partial charge < -0.3 is 19.9 Å². The number of carbonyl (C=O) groups excluding carboxylic acids is 2. The number of urea groups is 1. The molecule has 0 aliphatic carbocycles. The van der Waals surface area contributed by atoms with Gasteiger partial charge in [0.25, 0.3) is 0 Å². The molecule has 2 heterocycles. The number of ether oxygens (including phenoxy) is 1. The van der Waals surface area contributed by atoms with Crippen LogP contribution in [0.4, 0.5) is 4.79 Å². The van der Waals surface area contributed by atoms with Crippen molar-refractivity contribution in [2.24, 2.45) is 5.92 Å². The molecule has 0 bridgehead atoms. The normalized spacial score (nSPS) is 18.8. The summed E-state index contributed by atoms with van der Waals surface area (Å²) >= 11 is 6.32. The molecule has 1 aromatic rings. The van der Waals surface area contributed by atoms with E-state index in [-0.39, 0.29) is 23.3 Å². The predicted octanol–water partition coefficient (Wildman–Crippen LogP) is 2.90. The summed E-state index contributed by atoms with van der Waals surface area (Å²) in [5.41, 5.74) is 0.755. The maximum Gasteiger partial charge on any atom is 0.317 e. The first kappa shape index (κ1) is 20.9. The number of carbonyl (C=O) groups is 2. The molecular weight excluding hydrogens is 378 g/mol. The van der Waals surface area contributed by atoms with E-state index in [4.69, 9.17) is 16.3 Å². The van der Waals surface area contributed by atoms with E-state index in [1.807, 2.05) is 34.1 Å². The van der Waals surface area contributed by atoms with Crippen LogP contribution in [0.3, 0.4) is 0 Å². The predicted molar refractivity (Wildman–Crippen MR) is 110 cm³/mol. The van der Waals surface area contributed by atoms with Gasteiger partial charge >= 0.3 is 6.03 Å². The van der Waals surface area contributed by atoms with E-state index >= 15 is 0 Å². The standard InChI is InChI=1S/C21H30ClN3O3/c1-21(2,17-5-3-4-6-18(17)22)15-23-20(27)25-9-7-16(8-10-25)19(26)24-11-13-28-14-12-24/h3-6,16H,7-15H2,1-2H3,(H,23,27). The van der Waals surface area contributed by atoms with Gasteiger partial charge in [-0.1, -0.05) is 43.6 Å². The smallest absolute Gasteiger partial charge is 0.317 e. The van der Waals surface area contributed by atoms with Gasteiger partial charge in [-0.3, -0.25) is 4.79 Å². The van der Waals surface area contributed by atoms with Crippen LogP contribution in [0.2, 0.25) is 5.02 Å². The fourth-order valence-corrected chi connectivity index (χ4v) is 4.28. The Bertz CT molecular complexity index is 696. The van der Waals surface area contributed by atoms with E-state index in [1.165, 1.54) is 0 Å². The van der Waals surface area contributed by atoms with E-state index in [0.29, 0.717) is 51.0 Å². The van der Waals surface area contributed by atoms with Crippen molar-refractivity contribution in [2.45, 2.75) is 32.1 Å². The Labute approximate surface area is 172 Å². The quantitative estimate of drug-likeness (QED) is 0.834. The second-order valence-corrected chi connectivity index (χ2v) is 8.63. The van der Waals surface area contributed by atoms with E-state index in [1.54, 1.807) is 0 Å². The molecule has 3 amide bonds. The lowest BCUT2D eigenvalue weighted by Crippen LogP contribution is -2.50. The fourth-order valence-electron chi connectivity index (χ4n) is 3.89. The number of benzene rings is 1. The van der Waals surface area contributed by atoms with Crippen LogP contribution in [0, 0.1) is 5.92 Å². The van der Waals surface area contributed by atoms with E-state index in [0.717, 1.165) is 18.4 Å². The number of rotatable bonds is 4. The van der Waals surface area contributed by atoms with Crippen molar-refractivity contribution in [3.8, 4) is 0 Å².